The number of primary sulfonamides is 1. The molecule has 0 unspecified atom stereocenters. The highest BCUT2D eigenvalue weighted by atomic mass is 32.2. The van der Waals surface area contributed by atoms with E-state index in [-0.39, 0.29) is 28.8 Å². The number of piperazine rings is 1. The summed E-state index contributed by atoms with van der Waals surface area (Å²) in [4.78, 5) is 16.6. The van der Waals surface area contributed by atoms with E-state index in [2.05, 4.69) is 0 Å². The number of thiophene rings is 1. The molecule has 1 saturated heterocycles. The molecular weight excluding hydrogens is 458 g/mol. The van der Waals surface area contributed by atoms with E-state index in [9.17, 15) is 21.6 Å². The number of hydrogen-bond acceptors (Lipinski definition) is 6. The molecule has 1 amide bonds. The number of carbonyl (C=O) groups is 1. The first-order valence-electron chi connectivity index (χ1n) is 10.2. The van der Waals surface area contributed by atoms with Gasteiger partial charge < -0.3 is 4.90 Å². The molecule has 2 aliphatic rings. The second-order valence-electron chi connectivity index (χ2n) is 7.83. The van der Waals surface area contributed by atoms with Crippen molar-refractivity contribution in [3.05, 3.63) is 45.6 Å². The number of sulfonamides is 2. The molecule has 11 heteroatoms. The Morgan fingerprint density at radius 2 is 1.48 bits per heavy atom. The molecule has 0 bridgehead atoms. The maximum absolute atomic E-state index is 13.0. The lowest BCUT2D eigenvalue weighted by Crippen LogP contribution is -2.50. The zero-order valence-electron chi connectivity index (χ0n) is 17.0. The Balaban J connectivity index is 1.42. The van der Waals surface area contributed by atoms with E-state index in [4.69, 9.17) is 5.14 Å². The standard InChI is InChI=1S/C20H25N3O5S3/c21-30(25,26)16-6-8-17(9-7-16)31(27,28)23-12-10-22(11-13-23)20(24)19-14-15-4-2-1-3-5-18(15)29-19/h6-9,14H,1-5,10-13H2,(H2,21,25,26). The number of fused-ring (bicyclic) bond motifs is 1. The van der Waals surface area contributed by atoms with Gasteiger partial charge >= 0.3 is 0 Å². The van der Waals surface area contributed by atoms with Crippen LogP contribution in [-0.4, -0.2) is 58.1 Å². The Morgan fingerprint density at radius 1 is 0.871 bits per heavy atom. The topological polar surface area (TPSA) is 118 Å². The summed E-state index contributed by atoms with van der Waals surface area (Å²) in [5.41, 5.74) is 1.29. The summed E-state index contributed by atoms with van der Waals surface area (Å²) in [6.45, 7) is 1.01. The summed E-state index contributed by atoms with van der Waals surface area (Å²) in [6.07, 6.45) is 5.60. The number of hydrogen-bond donors (Lipinski definition) is 1. The van der Waals surface area contributed by atoms with E-state index in [1.54, 1.807) is 16.2 Å². The minimum absolute atomic E-state index is 0.00155. The van der Waals surface area contributed by atoms with Crippen molar-refractivity contribution in [1.82, 2.24) is 9.21 Å². The molecule has 8 nitrogen and oxygen atoms in total. The Bertz CT molecular complexity index is 1160. The second-order valence-corrected chi connectivity index (χ2v) is 12.5. The lowest BCUT2D eigenvalue weighted by molar-refractivity contribution is 0.0702. The van der Waals surface area contributed by atoms with Gasteiger partial charge in [0.1, 0.15) is 0 Å². The Kier molecular flexibility index (Phi) is 6.23. The molecule has 1 aromatic heterocycles. The average molecular weight is 484 g/mol. The highest BCUT2D eigenvalue weighted by Crippen LogP contribution is 2.30. The average Bonchev–Trinajstić information content (AvgIpc) is 3.03. The lowest BCUT2D eigenvalue weighted by Gasteiger charge is -2.33. The summed E-state index contributed by atoms with van der Waals surface area (Å²) in [6, 6.07) is 6.87. The maximum atomic E-state index is 13.0. The lowest BCUT2D eigenvalue weighted by atomic mass is 10.1. The summed E-state index contributed by atoms with van der Waals surface area (Å²) in [5.74, 6) is -0.0346. The van der Waals surface area contributed by atoms with Crippen LogP contribution in [0, 0.1) is 0 Å². The molecule has 4 rings (SSSR count). The smallest absolute Gasteiger partial charge is 0.264 e. The molecule has 2 N–H and O–H groups in total. The van der Waals surface area contributed by atoms with Gasteiger partial charge in [-0.2, -0.15) is 4.31 Å². The number of rotatable bonds is 4. The van der Waals surface area contributed by atoms with E-state index < -0.39 is 20.0 Å². The molecule has 0 radical (unpaired) electrons. The van der Waals surface area contributed by atoms with Crippen LogP contribution >= 0.6 is 11.3 Å². The van der Waals surface area contributed by atoms with Crippen LogP contribution in [-0.2, 0) is 32.9 Å². The maximum Gasteiger partial charge on any atom is 0.264 e. The van der Waals surface area contributed by atoms with E-state index in [1.165, 1.54) is 45.4 Å². The molecule has 2 aromatic rings. The molecule has 1 fully saturated rings. The first-order valence-corrected chi connectivity index (χ1v) is 14.0. The van der Waals surface area contributed by atoms with Crippen LogP contribution in [0.5, 0.6) is 0 Å². The van der Waals surface area contributed by atoms with Gasteiger partial charge in [-0.15, -0.1) is 11.3 Å². The van der Waals surface area contributed by atoms with Crippen molar-refractivity contribution >= 4 is 37.3 Å². The molecular formula is C20H25N3O5S3. The molecule has 2 heterocycles. The number of carbonyl (C=O) groups excluding carboxylic acids is 1. The predicted molar refractivity (Wildman–Crippen MR) is 118 cm³/mol. The third-order valence-electron chi connectivity index (χ3n) is 5.77. The van der Waals surface area contributed by atoms with Crippen LogP contribution in [0.4, 0.5) is 0 Å². The van der Waals surface area contributed by atoms with Gasteiger partial charge in [-0.1, -0.05) is 6.42 Å². The quantitative estimate of drug-likeness (QED) is 0.666. The Morgan fingerprint density at radius 3 is 2.13 bits per heavy atom. The fourth-order valence-corrected chi connectivity index (χ4v) is 7.17. The van der Waals surface area contributed by atoms with Crippen molar-refractivity contribution in [2.75, 3.05) is 26.2 Å². The zero-order chi connectivity index (χ0) is 22.2. The SMILES string of the molecule is NS(=O)(=O)c1ccc(S(=O)(=O)N2CCN(C(=O)c3cc4c(s3)CCCCC4)CC2)cc1. The van der Waals surface area contributed by atoms with Gasteiger partial charge in [0.2, 0.25) is 20.0 Å². The number of amides is 1. The van der Waals surface area contributed by atoms with Gasteiger partial charge in [0, 0.05) is 31.1 Å². The van der Waals surface area contributed by atoms with Crippen molar-refractivity contribution in [2.45, 2.75) is 41.9 Å². The van der Waals surface area contributed by atoms with Gasteiger partial charge in [0.15, 0.2) is 0 Å². The summed E-state index contributed by atoms with van der Waals surface area (Å²) in [5, 5.41) is 5.07. The van der Waals surface area contributed by atoms with Crippen LogP contribution < -0.4 is 5.14 Å². The largest absolute Gasteiger partial charge is 0.335 e. The normalized spacial score (nSPS) is 18.4. The van der Waals surface area contributed by atoms with Crippen molar-refractivity contribution in [3.8, 4) is 0 Å². The van der Waals surface area contributed by atoms with Gasteiger partial charge in [0.05, 0.1) is 14.7 Å². The summed E-state index contributed by atoms with van der Waals surface area (Å²) >= 11 is 1.57. The third kappa shape index (κ3) is 4.70. The fourth-order valence-electron chi connectivity index (χ4n) is 4.01. The van der Waals surface area contributed by atoms with Gasteiger partial charge in [0.25, 0.3) is 5.91 Å². The molecule has 1 aromatic carbocycles. The van der Waals surface area contributed by atoms with Crippen molar-refractivity contribution in [3.63, 3.8) is 0 Å². The van der Waals surface area contributed by atoms with Crippen LogP contribution in [0.1, 0.15) is 39.4 Å². The summed E-state index contributed by atoms with van der Waals surface area (Å²) < 4.78 is 49.9. The Labute approximate surface area is 186 Å². The van der Waals surface area contributed by atoms with Gasteiger partial charge in [-0.05, 0) is 61.6 Å². The second kappa shape index (κ2) is 8.62. The highest BCUT2D eigenvalue weighted by molar-refractivity contribution is 7.89. The zero-order valence-corrected chi connectivity index (χ0v) is 19.4. The number of benzene rings is 1. The number of nitrogens with zero attached hydrogens (tertiary/aromatic N) is 2. The molecule has 31 heavy (non-hydrogen) atoms. The van der Waals surface area contributed by atoms with E-state index in [0.29, 0.717) is 13.1 Å². The third-order valence-corrected chi connectivity index (χ3v) is 9.84. The van der Waals surface area contributed by atoms with Crippen molar-refractivity contribution in [2.24, 2.45) is 5.14 Å². The predicted octanol–water partition coefficient (Wildman–Crippen LogP) is 1.81. The first-order chi connectivity index (χ1) is 14.7. The molecule has 0 atom stereocenters. The van der Waals surface area contributed by atoms with Crippen LogP contribution in [0.2, 0.25) is 0 Å². The van der Waals surface area contributed by atoms with Gasteiger partial charge in [-0.25, -0.2) is 22.0 Å². The molecule has 0 saturated carbocycles. The van der Waals surface area contributed by atoms with Crippen LogP contribution in [0.25, 0.3) is 0 Å². The van der Waals surface area contributed by atoms with E-state index in [1.807, 2.05) is 6.07 Å². The van der Waals surface area contributed by atoms with Crippen molar-refractivity contribution in [1.29, 1.82) is 0 Å². The van der Waals surface area contributed by atoms with E-state index >= 15 is 0 Å². The van der Waals surface area contributed by atoms with Gasteiger partial charge in [-0.3, -0.25) is 4.79 Å². The monoisotopic (exact) mass is 483 g/mol. The number of nitrogens with two attached hydrogens (primary N) is 1. The summed E-state index contributed by atoms with van der Waals surface area (Å²) in [7, 11) is -7.67. The molecule has 1 aliphatic carbocycles. The Hall–Kier alpha value is -1.79. The molecule has 1 aliphatic heterocycles. The van der Waals surface area contributed by atoms with Crippen LogP contribution in [0.3, 0.4) is 0 Å². The highest BCUT2D eigenvalue weighted by Gasteiger charge is 2.31. The van der Waals surface area contributed by atoms with Crippen molar-refractivity contribution < 1.29 is 21.6 Å². The molecule has 168 valence electrons. The number of aryl methyl sites for hydroxylation is 2. The van der Waals surface area contributed by atoms with Crippen LogP contribution in [0.15, 0.2) is 40.1 Å². The minimum atomic E-state index is -3.89. The van der Waals surface area contributed by atoms with E-state index in [0.717, 1.165) is 30.6 Å². The first kappa shape index (κ1) is 22.4. The molecule has 0 spiro atoms. The minimum Gasteiger partial charge on any atom is -0.335 e. The fraction of sp³-hybridized carbons (Fsp3) is 0.450.